The molecule has 1 aromatic heterocycles. The highest BCUT2D eigenvalue weighted by Crippen LogP contribution is 2.29. The van der Waals surface area contributed by atoms with Crippen LogP contribution in [0.5, 0.6) is 0 Å². The summed E-state index contributed by atoms with van der Waals surface area (Å²) in [6.07, 6.45) is 2.82. The Kier molecular flexibility index (Phi) is 7.39. The summed E-state index contributed by atoms with van der Waals surface area (Å²) in [4.78, 5) is 24.9. The second-order valence-electron chi connectivity index (χ2n) is 4.83. The van der Waals surface area contributed by atoms with Crippen LogP contribution in [0.25, 0.3) is 0 Å². The molecule has 1 heterocycles. The SMILES string of the molecule is CCCC(N)CC(=O)Nc1sc(CC)cc1C(=O)OCC. The van der Waals surface area contributed by atoms with E-state index in [1.807, 2.05) is 13.8 Å². The topological polar surface area (TPSA) is 81.4 Å². The van der Waals surface area contributed by atoms with Crippen molar-refractivity contribution in [3.05, 3.63) is 16.5 Å². The van der Waals surface area contributed by atoms with Gasteiger partial charge in [0.2, 0.25) is 5.91 Å². The molecule has 3 N–H and O–H groups in total. The van der Waals surface area contributed by atoms with E-state index in [-0.39, 0.29) is 18.4 Å². The van der Waals surface area contributed by atoms with Crippen molar-refractivity contribution in [3.63, 3.8) is 0 Å². The van der Waals surface area contributed by atoms with Crippen LogP contribution in [0.2, 0.25) is 0 Å². The molecule has 0 aliphatic rings. The third-order valence-electron chi connectivity index (χ3n) is 2.99. The van der Waals surface area contributed by atoms with Gasteiger partial charge in [-0.05, 0) is 25.8 Å². The van der Waals surface area contributed by atoms with Crippen molar-refractivity contribution in [3.8, 4) is 0 Å². The average molecular weight is 312 g/mol. The molecule has 1 atom stereocenters. The van der Waals surface area contributed by atoms with Gasteiger partial charge in [-0.3, -0.25) is 4.79 Å². The summed E-state index contributed by atoms with van der Waals surface area (Å²) in [5, 5.41) is 3.35. The normalized spacial score (nSPS) is 12.0. The molecule has 0 radical (unpaired) electrons. The van der Waals surface area contributed by atoms with E-state index in [0.29, 0.717) is 17.2 Å². The molecular weight excluding hydrogens is 288 g/mol. The molecule has 0 aliphatic heterocycles. The van der Waals surface area contributed by atoms with Crippen LogP contribution in [0.4, 0.5) is 5.00 Å². The van der Waals surface area contributed by atoms with Crippen LogP contribution in [-0.2, 0) is 16.0 Å². The van der Waals surface area contributed by atoms with Crippen molar-refractivity contribution in [2.24, 2.45) is 5.73 Å². The maximum atomic E-state index is 12.0. The Morgan fingerprint density at radius 3 is 2.67 bits per heavy atom. The molecule has 0 spiro atoms. The van der Waals surface area contributed by atoms with E-state index in [0.717, 1.165) is 24.1 Å². The fourth-order valence-electron chi connectivity index (χ4n) is 1.96. The molecule has 6 heteroatoms. The summed E-state index contributed by atoms with van der Waals surface area (Å²) in [5.74, 6) is -0.562. The average Bonchev–Trinajstić information content (AvgIpc) is 2.82. The van der Waals surface area contributed by atoms with Crippen LogP contribution in [0.3, 0.4) is 0 Å². The predicted molar refractivity (Wildman–Crippen MR) is 85.8 cm³/mol. The second kappa shape index (κ2) is 8.79. The van der Waals surface area contributed by atoms with Crippen LogP contribution in [0.15, 0.2) is 6.07 Å². The fourth-order valence-corrected chi connectivity index (χ4v) is 2.96. The van der Waals surface area contributed by atoms with Crippen molar-refractivity contribution < 1.29 is 14.3 Å². The Hall–Kier alpha value is -1.40. The number of nitrogens with one attached hydrogen (secondary N) is 1. The van der Waals surface area contributed by atoms with E-state index in [1.165, 1.54) is 11.3 Å². The van der Waals surface area contributed by atoms with Crippen molar-refractivity contribution in [1.82, 2.24) is 0 Å². The lowest BCUT2D eigenvalue weighted by atomic mass is 10.1. The lowest BCUT2D eigenvalue weighted by molar-refractivity contribution is -0.116. The van der Waals surface area contributed by atoms with Gasteiger partial charge in [0.05, 0.1) is 12.2 Å². The Balaban J connectivity index is 2.79. The molecule has 1 rings (SSSR count). The summed E-state index contributed by atoms with van der Waals surface area (Å²) >= 11 is 1.41. The molecule has 1 aromatic rings. The number of amides is 1. The molecule has 118 valence electrons. The van der Waals surface area contributed by atoms with E-state index in [9.17, 15) is 9.59 Å². The van der Waals surface area contributed by atoms with Crippen LogP contribution in [0, 0.1) is 0 Å². The molecular formula is C15H24N2O3S. The minimum atomic E-state index is -0.401. The molecule has 0 saturated carbocycles. The van der Waals surface area contributed by atoms with Crippen molar-refractivity contribution >= 4 is 28.2 Å². The Bertz CT molecular complexity index is 485. The number of ether oxygens (including phenoxy) is 1. The van der Waals surface area contributed by atoms with Crippen LogP contribution >= 0.6 is 11.3 Å². The zero-order valence-electron chi connectivity index (χ0n) is 12.9. The highest BCUT2D eigenvalue weighted by atomic mass is 32.1. The van der Waals surface area contributed by atoms with Gasteiger partial charge in [-0.1, -0.05) is 20.3 Å². The minimum absolute atomic E-state index is 0.147. The number of rotatable bonds is 8. The largest absolute Gasteiger partial charge is 0.462 e. The number of esters is 1. The number of carbonyl (C=O) groups is 2. The molecule has 0 aliphatic carbocycles. The molecule has 0 bridgehead atoms. The number of anilines is 1. The highest BCUT2D eigenvalue weighted by molar-refractivity contribution is 7.16. The minimum Gasteiger partial charge on any atom is -0.462 e. The third kappa shape index (κ3) is 5.47. The number of nitrogens with two attached hydrogens (primary N) is 1. The van der Waals surface area contributed by atoms with Crippen LogP contribution in [-0.4, -0.2) is 24.5 Å². The predicted octanol–water partition coefficient (Wildman–Crippen LogP) is 2.94. The van der Waals surface area contributed by atoms with Gasteiger partial charge in [-0.25, -0.2) is 4.79 Å². The first-order valence-electron chi connectivity index (χ1n) is 7.36. The summed E-state index contributed by atoms with van der Waals surface area (Å²) < 4.78 is 5.02. The molecule has 1 amide bonds. The zero-order valence-corrected chi connectivity index (χ0v) is 13.7. The quantitative estimate of drug-likeness (QED) is 0.723. The third-order valence-corrected chi connectivity index (χ3v) is 4.18. The van der Waals surface area contributed by atoms with E-state index < -0.39 is 5.97 Å². The lowest BCUT2D eigenvalue weighted by Gasteiger charge is -2.10. The van der Waals surface area contributed by atoms with Crippen molar-refractivity contribution in [2.45, 2.75) is 52.5 Å². The maximum absolute atomic E-state index is 12.0. The smallest absolute Gasteiger partial charge is 0.341 e. The Labute approximate surface area is 129 Å². The standard InChI is InChI=1S/C15H24N2O3S/c1-4-7-10(16)8-13(18)17-14-12(15(19)20-6-3)9-11(5-2)21-14/h9-10H,4-8,16H2,1-3H3,(H,17,18). The van der Waals surface area contributed by atoms with Crippen LogP contribution < -0.4 is 11.1 Å². The molecule has 0 aromatic carbocycles. The van der Waals surface area contributed by atoms with Gasteiger partial charge in [-0.2, -0.15) is 0 Å². The Morgan fingerprint density at radius 1 is 1.38 bits per heavy atom. The number of hydrogen-bond donors (Lipinski definition) is 2. The Morgan fingerprint density at radius 2 is 2.10 bits per heavy atom. The molecule has 1 unspecified atom stereocenters. The number of thiophene rings is 1. The summed E-state index contributed by atoms with van der Waals surface area (Å²) in [5.41, 5.74) is 6.29. The highest BCUT2D eigenvalue weighted by Gasteiger charge is 2.19. The zero-order chi connectivity index (χ0) is 15.8. The molecule has 0 fully saturated rings. The van der Waals surface area contributed by atoms with E-state index in [4.69, 9.17) is 10.5 Å². The first-order chi connectivity index (χ1) is 10.0. The fraction of sp³-hybridized carbons (Fsp3) is 0.600. The first kappa shape index (κ1) is 17.7. The summed E-state index contributed by atoms with van der Waals surface area (Å²) in [6.45, 7) is 6.10. The van der Waals surface area contributed by atoms with Gasteiger partial charge in [-0.15, -0.1) is 11.3 Å². The van der Waals surface area contributed by atoms with Gasteiger partial charge in [0.25, 0.3) is 0 Å². The monoisotopic (exact) mass is 312 g/mol. The first-order valence-corrected chi connectivity index (χ1v) is 8.18. The maximum Gasteiger partial charge on any atom is 0.341 e. The van der Waals surface area contributed by atoms with Crippen molar-refractivity contribution in [1.29, 1.82) is 0 Å². The van der Waals surface area contributed by atoms with Gasteiger partial charge in [0, 0.05) is 17.3 Å². The molecule has 5 nitrogen and oxygen atoms in total. The number of hydrogen-bond acceptors (Lipinski definition) is 5. The molecule has 0 saturated heterocycles. The molecule has 21 heavy (non-hydrogen) atoms. The van der Waals surface area contributed by atoms with Gasteiger partial charge in [0.15, 0.2) is 0 Å². The number of carbonyl (C=O) groups excluding carboxylic acids is 2. The van der Waals surface area contributed by atoms with Crippen molar-refractivity contribution in [2.75, 3.05) is 11.9 Å². The van der Waals surface area contributed by atoms with Crippen LogP contribution in [0.1, 0.15) is 55.3 Å². The number of aryl methyl sites for hydroxylation is 1. The summed E-state index contributed by atoms with van der Waals surface area (Å²) in [7, 11) is 0. The summed E-state index contributed by atoms with van der Waals surface area (Å²) in [6, 6.07) is 1.64. The van der Waals surface area contributed by atoms with E-state index >= 15 is 0 Å². The van der Waals surface area contributed by atoms with E-state index in [1.54, 1.807) is 13.0 Å². The van der Waals surface area contributed by atoms with Gasteiger partial charge >= 0.3 is 5.97 Å². The van der Waals surface area contributed by atoms with E-state index in [2.05, 4.69) is 5.32 Å². The lowest BCUT2D eigenvalue weighted by Crippen LogP contribution is -2.27. The van der Waals surface area contributed by atoms with Gasteiger partial charge < -0.3 is 15.8 Å². The second-order valence-corrected chi connectivity index (χ2v) is 5.97. The van der Waals surface area contributed by atoms with Gasteiger partial charge in [0.1, 0.15) is 5.00 Å².